The van der Waals surface area contributed by atoms with Crippen LogP contribution in [0.4, 0.5) is 5.69 Å². The maximum absolute atomic E-state index is 12.3. The molecule has 1 atom stereocenters. The minimum Gasteiger partial charge on any atom is -0.508 e. The number of amides is 1. The van der Waals surface area contributed by atoms with Gasteiger partial charge in [0.15, 0.2) is 0 Å². The van der Waals surface area contributed by atoms with E-state index in [9.17, 15) is 9.90 Å². The minimum atomic E-state index is -0.297. The van der Waals surface area contributed by atoms with Crippen LogP contribution in [0.3, 0.4) is 0 Å². The second kappa shape index (κ2) is 5.85. The molecule has 4 heteroatoms. The van der Waals surface area contributed by atoms with Gasteiger partial charge >= 0.3 is 0 Å². The Kier molecular flexibility index (Phi) is 3.74. The van der Waals surface area contributed by atoms with Crippen molar-refractivity contribution in [3.63, 3.8) is 0 Å². The Morgan fingerprint density at radius 3 is 2.64 bits per heavy atom. The van der Waals surface area contributed by atoms with E-state index in [0.717, 1.165) is 22.0 Å². The van der Waals surface area contributed by atoms with E-state index in [2.05, 4.69) is 10.3 Å². The van der Waals surface area contributed by atoms with Crippen molar-refractivity contribution in [3.05, 3.63) is 66.5 Å². The van der Waals surface area contributed by atoms with Crippen molar-refractivity contribution in [3.8, 4) is 5.75 Å². The molecule has 0 spiro atoms. The molecule has 1 unspecified atom stereocenters. The zero-order valence-corrected chi connectivity index (χ0v) is 12.2. The number of aromatic hydroxyl groups is 1. The number of benzene rings is 2. The van der Waals surface area contributed by atoms with Gasteiger partial charge < -0.3 is 10.4 Å². The second-order valence-electron chi connectivity index (χ2n) is 5.24. The summed E-state index contributed by atoms with van der Waals surface area (Å²) in [5, 5.41) is 14.3. The van der Waals surface area contributed by atoms with E-state index in [1.165, 1.54) is 0 Å². The number of phenols is 1. The monoisotopic (exact) mass is 292 g/mol. The summed E-state index contributed by atoms with van der Waals surface area (Å²) in [5.74, 6) is -0.188. The summed E-state index contributed by atoms with van der Waals surface area (Å²) in [6.07, 6.45) is 3.52. The smallest absolute Gasteiger partial charge is 0.231 e. The van der Waals surface area contributed by atoms with Gasteiger partial charge in [0.1, 0.15) is 5.75 Å². The summed E-state index contributed by atoms with van der Waals surface area (Å²) < 4.78 is 0. The predicted molar refractivity (Wildman–Crippen MR) is 86.9 cm³/mol. The van der Waals surface area contributed by atoms with Gasteiger partial charge in [-0.15, -0.1) is 0 Å². The number of aromatic nitrogens is 1. The number of nitrogens with one attached hydrogen (secondary N) is 1. The Hall–Kier alpha value is -2.88. The maximum atomic E-state index is 12.3. The molecule has 1 heterocycles. The molecule has 0 aliphatic carbocycles. The zero-order valence-electron chi connectivity index (χ0n) is 12.2. The lowest BCUT2D eigenvalue weighted by molar-refractivity contribution is -0.117. The molecule has 0 fully saturated rings. The Bertz CT molecular complexity index is 813. The van der Waals surface area contributed by atoms with Crippen molar-refractivity contribution in [1.29, 1.82) is 0 Å². The Labute approximate surface area is 128 Å². The molecule has 0 saturated carbocycles. The first-order valence-corrected chi connectivity index (χ1v) is 7.07. The standard InChI is InChI=1S/C18H16N2O2/c1-12(13-3-6-17(21)7-4-13)18(22)20-16-5-2-15-11-19-9-8-14(15)10-16/h2-12,21H,1H3,(H,20,22). The van der Waals surface area contributed by atoms with Crippen LogP contribution in [0, 0.1) is 0 Å². The van der Waals surface area contributed by atoms with Crippen LogP contribution in [0.15, 0.2) is 60.9 Å². The molecule has 1 aromatic heterocycles. The predicted octanol–water partition coefficient (Wildman–Crippen LogP) is 3.68. The summed E-state index contributed by atoms with van der Waals surface area (Å²) in [7, 11) is 0. The summed E-state index contributed by atoms with van der Waals surface area (Å²) >= 11 is 0. The molecule has 2 N–H and O–H groups in total. The van der Waals surface area contributed by atoms with E-state index in [1.54, 1.807) is 36.7 Å². The van der Waals surface area contributed by atoms with Gasteiger partial charge in [0.25, 0.3) is 0 Å². The van der Waals surface area contributed by atoms with Crippen LogP contribution in [0.5, 0.6) is 5.75 Å². The van der Waals surface area contributed by atoms with Crippen molar-refractivity contribution in [2.45, 2.75) is 12.8 Å². The third kappa shape index (κ3) is 2.91. The summed E-state index contributed by atoms with van der Waals surface area (Å²) in [5.41, 5.74) is 1.62. The molecule has 22 heavy (non-hydrogen) atoms. The lowest BCUT2D eigenvalue weighted by Crippen LogP contribution is -2.18. The molecule has 2 aromatic carbocycles. The first kappa shape index (κ1) is 14.1. The average molecular weight is 292 g/mol. The fraction of sp³-hybridized carbons (Fsp3) is 0.111. The van der Waals surface area contributed by atoms with Crippen LogP contribution in [-0.2, 0) is 4.79 Å². The number of carbonyl (C=O) groups excluding carboxylic acids is 1. The van der Waals surface area contributed by atoms with Crippen LogP contribution in [0.25, 0.3) is 10.8 Å². The highest BCUT2D eigenvalue weighted by molar-refractivity contribution is 5.97. The van der Waals surface area contributed by atoms with Gasteiger partial charge in [-0.1, -0.05) is 18.2 Å². The first-order valence-electron chi connectivity index (χ1n) is 7.07. The van der Waals surface area contributed by atoms with Crippen molar-refractivity contribution in [2.24, 2.45) is 0 Å². The number of phenolic OH excluding ortho intramolecular Hbond substituents is 1. The first-order chi connectivity index (χ1) is 10.6. The second-order valence-corrected chi connectivity index (χ2v) is 5.24. The van der Waals surface area contributed by atoms with E-state index in [-0.39, 0.29) is 17.6 Å². The highest BCUT2D eigenvalue weighted by atomic mass is 16.3. The topological polar surface area (TPSA) is 62.2 Å². The summed E-state index contributed by atoms with van der Waals surface area (Å²) in [4.78, 5) is 16.4. The number of carbonyl (C=O) groups is 1. The van der Waals surface area contributed by atoms with Gasteiger partial charge in [-0.25, -0.2) is 0 Å². The fourth-order valence-electron chi connectivity index (χ4n) is 2.33. The molecule has 0 radical (unpaired) electrons. The Morgan fingerprint density at radius 2 is 1.86 bits per heavy atom. The molecule has 110 valence electrons. The number of nitrogens with zero attached hydrogens (tertiary/aromatic N) is 1. The number of hydrogen-bond donors (Lipinski definition) is 2. The number of pyridine rings is 1. The van der Waals surface area contributed by atoms with Crippen molar-refractivity contribution < 1.29 is 9.90 Å². The average Bonchev–Trinajstić information content (AvgIpc) is 2.55. The largest absolute Gasteiger partial charge is 0.508 e. The number of rotatable bonds is 3. The van der Waals surface area contributed by atoms with Crippen LogP contribution >= 0.6 is 0 Å². The number of hydrogen-bond acceptors (Lipinski definition) is 3. The fourth-order valence-corrected chi connectivity index (χ4v) is 2.33. The van der Waals surface area contributed by atoms with Crippen molar-refractivity contribution >= 4 is 22.4 Å². The molecule has 3 aromatic rings. The quantitative estimate of drug-likeness (QED) is 0.774. The Balaban J connectivity index is 1.78. The number of anilines is 1. The van der Waals surface area contributed by atoms with Crippen LogP contribution in [0.1, 0.15) is 18.4 Å². The van der Waals surface area contributed by atoms with E-state index >= 15 is 0 Å². The normalized spacial score (nSPS) is 12.0. The number of fused-ring (bicyclic) bond motifs is 1. The molecule has 0 saturated heterocycles. The van der Waals surface area contributed by atoms with Crippen molar-refractivity contribution in [2.75, 3.05) is 5.32 Å². The third-order valence-electron chi connectivity index (χ3n) is 3.69. The summed E-state index contributed by atoms with van der Waals surface area (Å²) in [6, 6.07) is 14.3. The van der Waals surface area contributed by atoms with Gasteiger partial charge in [0, 0.05) is 23.5 Å². The lowest BCUT2D eigenvalue weighted by Gasteiger charge is -2.13. The van der Waals surface area contributed by atoms with Gasteiger partial charge in [0.05, 0.1) is 5.92 Å². The molecule has 0 aliphatic rings. The van der Waals surface area contributed by atoms with E-state index in [0.29, 0.717) is 0 Å². The van der Waals surface area contributed by atoms with Crippen molar-refractivity contribution in [1.82, 2.24) is 4.98 Å². The van der Waals surface area contributed by atoms with Crippen LogP contribution in [0.2, 0.25) is 0 Å². The molecule has 3 rings (SSSR count). The third-order valence-corrected chi connectivity index (χ3v) is 3.69. The van der Waals surface area contributed by atoms with Gasteiger partial charge in [0.2, 0.25) is 5.91 Å². The van der Waals surface area contributed by atoms with E-state index in [1.807, 2.05) is 31.2 Å². The highest BCUT2D eigenvalue weighted by Gasteiger charge is 2.15. The molecule has 0 aliphatic heterocycles. The lowest BCUT2D eigenvalue weighted by atomic mass is 10.00. The minimum absolute atomic E-state index is 0.0842. The van der Waals surface area contributed by atoms with Gasteiger partial charge in [-0.2, -0.15) is 0 Å². The Morgan fingerprint density at radius 1 is 1.09 bits per heavy atom. The van der Waals surface area contributed by atoms with Gasteiger partial charge in [-0.05, 0) is 48.2 Å². The van der Waals surface area contributed by atoms with E-state index in [4.69, 9.17) is 0 Å². The molecule has 4 nitrogen and oxygen atoms in total. The van der Waals surface area contributed by atoms with Crippen LogP contribution in [-0.4, -0.2) is 16.0 Å². The maximum Gasteiger partial charge on any atom is 0.231 e. The molecular weight excluding hydrogens is 276 g/mol. The molecular formula is C18H16N2O2. The molecule has 0 bridgehead atoms. The molecule has 1 amide bonds. The highest BCUT2D eigenvalue weighted by Crippen LogP contribution is 2.22. The van der Waals surface area contributed by atoms with E-state index < -0.39 is 0 Å². The SMILES string of the molecule is CC(C(=O)Nc1ccc2cnccc2c1)c1ccc(O)cc1. The van der Waals surface area contributed by atoms with Gasteiger partial charge in [-0.3, -0.25) is 9.78 Å². The zero-order chi connectivity index (χ0) is 15.5. The summed E-state index contributed by atoms with van der Waals surface area (Å²) in [6.45, 7) is 1.84. The van der Waals surface area contributed by atoms with Crippen LogP contribution < -0.4 is 5.32 Å².